The Balaban J connectivity index is 1.63. The van der Waals surface area contributed by atoms with E-state index >= 15 is 0 Å². The van der Waals surface area contributed by atoms with E-state index in [0.717, 1.165) is 12.3 Å². The monoisotopic (exact) mass is 377 g/mol. The molecule has 4 rings (SSSR count). The number of fused-ring (bicyclic) bond motifs is 1. The Bertz CT molecular complexity index is 774. The summed E-state index contributed by atoms with van der Waals surface area (Å²) in [6, 6.07) is 15.5. The predicted octanol–water partition coefficient (Wildman–Crippen LogP) is 6.51. The molecule has 2 atom stereocenters. The summed E-state index contributed by atoms with van der Waals surface area (Å²) in [5, 5.41) is 9.96. The molecule has 1 aliphatic heterocycles. The maximum atomic E-state index is 9.96. The maximum absolute atomic E-state index is 9.96. The molecule has 0 saturated carbocycles. The van der Waals surface area contributed by atoms with Gasteiger partial charge in [-0.1, -0.05) is 38.5 Å². The number of hydrogen-bond acceptors (Lipinski definition) is 2. The van der Waals surface area contributed by atoms with E-state index in [2.05, 4.69) is 49.1 Å². The molecule has 2 heteroatoms. The van der Waals surface area contributed by atoms with Gasteiger partial charge in [0.15, 0.2) is 0 Å². The van der Waals surface area contributed by atoms with E-state index in [1.54, 1.807) is 0 Å². The van der Waals surface area contributed by atoms with E-state index in [4.69, 9.17) is 0 Å². The maximum Gasteiger partial charge on any atom is 0.115 e. The van der Waals surface area contributed by atoms with Crippen molar-refractivity contribution in [2.24, 2.45) is 11.8 Å². The second kappa shape index (κ2) is 8.59. The average molecular weight is 378 g/mol. The lowest BCUT2D eigenvalue weighted by Gasteiger charge is -2.35. The Kier molecular flexibility index (Phi) is 5.94. The van der Waals surface area contributed by atoms with Gasteiger partial charge in [0.25, 0.3) is 0 Å². The summed E-state index contributed by atoms with van der Waals surface area (Å²) in [4.78, 5) is 2.54. The number of aryl methyl sites for hydroxylation is 1. The highest BCUT2D eigenvalue weighted by atomic mass is 16.3. The number of benzene rings is 2. The Morgan fingerprint density at radius 1 is 1.00 bits per heavy atom. The molecule has 0 spiro atoms. The number of nitrogens with zero attached hydrogens (tertiary/aromatic N) is 1. The summed E-state index contributed by atoms with van der Waals surface area (Å²) in [6.07, 6.45) is 8.91. The molecule has 0 radical (unpaired) electrons. The minimum Gasteiger partial charge on any atom is -0.508 e. The van der Waals surface area contributed by atoms with E-state index in [9.17, 15) is 5.11 Å². The minimum atomic E-state index is 0.401. The summed E-state index contributed by atoms with van der Waals surface area (Å²) in [5.74, 6) is 2.31. The molecule has 0 amide bonds. The summed E-state index contributed by atoms with van der Waals surface area (Å²) in [6.45, 7) is 7.05. The van der Waals surface area contributed by atoms with Crippen LogP contribution in [0.15, 0.2) is 42.5 Å². The number of phenolic OH excluding ortho intramolecular Hbond substituents is 1. The molecule has 2 aliphatic rings. The van der Waals surface area contributed by atoms with Gasteiger partial charge in [-0.3, -0.25) is 0 Å². The average Bonchev–Trinajstić information content (AvgIpc) is 2.72. The van der Waals surface area contributed by atoms with Gasteiger partial charge < -0.3 is 10.0 Å². The lowest BCUT2D eigenvalue weighted by atomic mass is 9.70. The van der Waals surface area contributed by atoms with Crippen molar-refractivity contribution in [1.82, 2.24) is 0 Å². The Hall–Kier alpha value is -1.96. The molecule has 1 saturated heterocycles. The van der Waals surface area contributed by atoms with Crippen LogP contribution in [0.3, 0.4) is 0 Å². The molecule has 2 nitrogen and oxygen atoms in total. The third-order valence-electron chi connectivity index (χ3n) is 6.81. The molecule has 0 unspecified atom stereocenters. The molecule has 0 bridgehead atoms. The van der Waals surface area contributed by atoms with Crippen LogP contribution in [0.1, 0.15) is 75.0 Å². The van der Waals surface area contributed by atoms with Crippen LogP contribution in [0.2, 0.25) is 0 Å². The van der Waals surface area contributed by atoms with E-state index in [0.29, 0.717) is 17.6 Å². The molecular formula is C26H35NO. The van der Waals surface area contributed by atoms with E-state index in [1.807, 2.05) is 12.1 Å². The van der Waals surface area contributed by atoms with Crippen molar-refractivity contribution in [2.45, 2.75) is 64.7 Å². The Morgan fingerprint density at radius 2 is 1.75 bits per heavy atom. The third-order valence-corrected chi connectivity index (χ3v) is 6.81. The zero-order valence-electron chi connectivity index (χ0n) is 17.5. The smallest absolute Gasteiger partial charge is 0.115 e. The topological polar surface area (TPSA) is 23.5 Å². The molecule has 1 fully saturated rings. The largest absolute Gasteiger partial charge is 0.508 e. The van der Waals surface area contributed by atoms with Crippen molar-refractivity contribution in [3.63, 3.8) is 0 Å². The number of anilines is 1. The standard InChI is InChI=1S/C26H35NO/c1-19(2)6-7-20-8-9-22-18-24(28)14-15-25(22)26(20)21-10-12-23(13-11-21)27-16-4-3-5-17-27/h10-15,18-20,26,28H,3-9,16-17H2,1-2H3/t20-,26+/m0/s1. The van der Waals surface area contributed by atoms with Gasteiger partial charge in [-0.25, -0.2) is 0 Å². The van der Waals surface area contributed by atoms with Crippen molar-refractivity contribution < 1.29 is 5.11 Å². The molecule has 2 aromatic rings. The van der Waals surface area contributed by atoms with Crippen molar-refractivity contribution in [1.29, 1.82) is 0 Å². The second-order valence-corrected chi connectivity index (χ2v) is 9.27. The first-order valence-electron chi connectivity index (χ1n) is 11.3. The molecule has 2 aromatic carbocycles. The van der Waals surface area contributed by atoms with Crippen molar-refractivity contribution in [3.8, 4) is 5.75 Å². The molecule has 28 heavy (non-hydrogen) atoms. The van der Waals surface area contributed by atoms with Gasteiger partial charge in [-0.15, -0.1) is 0 Å². The molecule has 0 aromatic heterocycles. The van der Waals surface area contributed by atoms with Crippen LogP contribution in [-0.2, 0) is 6.42 Å². The number of hydrogen-bond donors (Lipinski definition) is 1. The summed E-state index contributed by atoms with van der Waals surface area (Å²) >= 11 is 0. The molecular weight excluding hydrogens is 342 g/mol. The van der Waals surface area contributed by atoms with Crippen molar-refractivity contribution in [3.05, 3.63) is 59.2 Å². The first-order valence-corrected chi connectivity index (χ1v) is 11.3. The van der Waals surface area contributed by atoms with Gasteiger partial charge in [0, 0.05) is 24.7 Å². The molecule has 1 aliphatic carbocycles. The van der Waals surface area contributed by atoms with Crippen LogP contribution in [0, 0.1) is 11.8 Å². The van der Waals surface area contributed by atoms with Gasteiger partial charge in [0.2, 0.25) is 0 Å². The Morgan fingerprint density at radius 3 is 2.46 bits per heavy atom. The summed E-state index contributed by atoms with van der Waals surface area (Å²) in [5.41, 5.74) is 5.60. The van der Waals surface area contributed by atoms with Gasteiger partial charge in [-0.05, 0) is 91.3 Å². The molecule has 1 heterocycles. The van der Waals surface area contributed by atoms with E-state index in [-0.39, 0.29) is 0 Å². The van der Waals surface area contributed by atoms with Gasteiger partial charge >= 0.3 is 0 Å². The van der Waals surface area contributed by atoms with Crippen LogP contribution >= 0.6 is 0 Å². The fourth-order valence-corrected chi connectivity index (χ4v) is 5.23. The van der Waals surface area contributed by atoms with Gasteiger partial charge in [-0.2, -0.15) is 0 Å². The molecule has 150 valence electrons. The predicted molar refractivity (Wildman–Crippen MR) is 118 cm³/mol. The van der Waals surface area contributed by atoms with Crippen molar-refractivity contribution >= 4 is 5.69 Å². The zero-order valence-corrected chi connectivity index (χ0v) is 17.5. The lowest BCUT2D eigenvalue weighted by Crippen LogP contribution is -2.29. The van der Waals surface area contributed by atoms with Crippen LogP contribution in [0.5, 0.6) is 5.75 Å². The number of phenols is 1. The SMILES string of the molecule is CC(C)CC[C@H]1CCc2cc(O)ccc2[C@H]1c1ccc(N2CCCCC2)cc1. The minimum absolute atomic E-state index is 0.401. The quantitative estimate of drug-likeness (QED) is 0.642. The normalized spacial score (nSPS) is 22.3. The Labute approximate surface area is 170 Å². The first-order chi connectivity index (χ1) is 13.6. The first kappa shape index (κ1) is 19.4. The van der Waals surface area contributed by atoms with Crippen LogP contribution in [0.4, 0.5) is 5.69 Å². The number of rotatable bonds is 5. The third kappa shape index (κ3) is 4.21. The summed E-state index contributed by atoms with van der Waals surface area (Å²) < 4.78 is 0. The van der Waals surface area contributed by atoms with Crippen molar-refractivity contribution in [2.75, 3.05) is 18.0 Å². The fourth-order valence-electron chi connectivity index (χ4n) is 5.23. The van der Waals surface area contributed by atoms with Crippen LogP contribution in [-0.4, -0.2) is 18.2 Å². The van der Waals surface area contributed by atoms with Crippen LogP contribution in [0.25, 0.3) is 0 Å². The summed E-state index contributed by atoms with van der Waals surface area (Å²) in [7, 11) is 0. The number of piperidine rings is 1. The van der Waals surface area contributed by atoms with E-state index < -0.39 is 0 Å². The number of aromatic hydroxyl groups is 1. The zero-order chi connectivity index (χ0) is 19.5. The van der Waals surface area contributed by atoms with Crippen LogP contribution < -0.4 is 4.90 Å². The highest BCUT2D eigenvalue weighted by Gasteiger charge is 2.31. The fraction of sp³-hybridized carbons (Fsp3) is 0.538. The second-order valence-electron chi connectivity index (χ2n) is 9.27. The molecule has 1 N–H and O–H groups in total. The van der Waals surface area contributed by atoms with Gasteiger partial charge in [0.1, 0.15) is 5.75 Å². The highest BCUT2D eigenvalue weighted by Crippen LogP contribution is 2.44. The lowest BCUT2D eigenvalue weighted by molar-refractivity contribution is 0.349. The highest BCUT2D eigenvalue weighted by molar-refractivity contribution is 5.51. The van der Waals surface area contributed by atoms with Gasteiger partial charge in [0.05, 0.1) is 0 Å². The van der Waals surface area contributed by atoms with E-state index in [1.165, 1.54) is 74.0 Å².